The zero-order valence-corrected chi connectivity index (χ0v) is 19.7. The molecule has 1 aromatic heterocycles. The van der Waals surface area contributed by atoms with Crippen LogP contribution in [-0.4, -0.2) is 102 Å². The van der Waals surface area contributed by atoms with Gasteiger partial charge >= 0.3 is 0 Å². The number of piperazine rings is 1. The zero-order valence-electron chi connectivity index (χ0n) is 19.7. The monoisotopic (exact) mass is 469 g/mol. The van der Waals surface area contributed by atoms with Gasteiger partial charge in [0.1, 0.15) is 6.26 Å². The summed E-state index contributed by atoms with van der Waals surface area (Å²) in [7, 11) is 0. The van der Waals surface area contributed by atoms with Crippen molar-refractivity contribution in [1.29, 1.82) is 0 Å². The largest absolute Gasteiger partial charge is 0.447 e. The summed E-state index contributed by atoms with van der Waals surface area (Å²) in [6.45, 7) is 8.82. The third-order valence-corrected chi connectivity index (χ3v) is 7.01. The summed E-state index contributed by atoms with van der Waals surface area (Å²) in [5.74, 6) is 0.312. The van der Waals surface area contributed by atoms with Crippen LogP contribution >= 0.6 is 0 Å². The number of oxazole rings is 1. The molecule has 2 fully saturated rings. The number of aliphatic hydroxyl groups is 1. The fraction of sp³-hybridized carbons (Fsp3) is 0.600. The molecule has 3 aliphatic rings. The maximum atomic E-state index is 12.6. The highest BCUT2D eigenvalue weighted by Gasteiger charge is 2.23. The Labute approximate surface area is 200 Å². The molecule has 0 unspecified atom stereocenters. The van der Waals surface area contributed by atoms with Crippen molar-refractivity contribution in [1.82, 2.24) is 19.7 Å². The van der Waals surface area contributed by atoms with E-state index < -0.39 is 0 Å². The van der Waals surface area contributed by atoms with Crippen molar-refractivity contribution in [2.75, 3.05) is 70.9 Å². The molecule has 1 amide bonds. The van der Waals surface area contributed by atoms with Crippen molar-refractivity contribution >= 4 is 11.6 Å². The van der Waals surface area contributed by atoms with Crippen molar-refractivity contribution < 1.29 is 19.1 Å². The normalized spacial score (nSPS) is 20.9. The van der Waals surface area contributed by atoms with Crippen molar-refractivity contribution in [2.45, 2.75) is 31.9 Å². The average molecular weight is 470 g/mol. The minimum atomic E-state index is -0.344. The number of nitrogens with one attached hydrogen (secondary N) is 1. The first kappa shape index (κ1) is 23.4. The minimum absolute atomic E-state index is 0.243. The number of amides is 1. The molecule has 0 saturated carbocycles. The second kappa shape index (κ2) is 11.0. The summed E-state index contributed by atoms with van der Waals surface area (Å²) < 4.78 is 11.0. The van der Waals surface area contributed by atoms with Crippen LogP contribution in [-0.2, 0) is 24.1 Å². The molecule has 0 radical (unpaired) electrons. The van der Waals surface area contributed by atoms with Crippen molar-refractivity contribution in [3.63, 3.8) is 0 Å². The number of nitrogens with zero attached hydrogens (tertiary/aromatic N) is 4. The second-order valence-corrected chi connectivity index (χ2v) is 9.56. The lowest BCUT2D eigenvalue weighted by Crippen LogP contribution is -2.50. The van der Waals surface area contributed by atoms with Gasteiger partial charge in [0.2, 0.25) is 5.89 Å². The highest BCUT2D eigenvalue weighted by molar-refractivity contribution is 6.02. The van der Waals surface area contributed by atoms with E-state index in [0.717, 1.165) is 71.0 Å². The van der Waals surface area contributed by atoms with E-state index in [2.05, 4.69) is 37.1 Å². The van der Waals surface area contributed by atoms with E-state index in [0.29, 0.717) is 31.2 Å². The maximum Gasteiger partial charge on any atom is 0.277 e. The van der Waals surface area contributed by atoms with E-state index in [-0.39, 0.29) is 12.0 Å². The molecular weight excluding hydrogens is 434 g/mol. The van der Waals surface area contributed by atoms with Crippen molar-refractivity contribution in [2.24, 2.45) is 0 Å². The Bertz CT molecular complexity index is 966. The molecule has 5 rings (SSSR count). The van der Waals surface area contributed by atoms with Gasteiger partial charge in [-0.15, -0.1) is 0 Å². The number of morpholine rings is 1. The summed E-state index contributed by atoms with van der Waals surface area (Å²) in [5.41, 5.74) is 3.82. The number of carbonyl (C=O) groups is 1. The number of ether oxygens (including phenoxy) is 1. The predicted octanol–water partition coefficient (Wildman–Crippen LogP) is 1.23. The molecule has 2 aliphatic heterocycles. The molecule has 3 heterocycles. The lowest BCUT2D eigenvalue weighted by molar-refractivity contribution is 0.00187. The van der Waals surface area contributed by atoms with E-state index in [9.17, 15) is 9.90 Å². The molecule has 0 spiro atoms. The second-order valence-electron chi connectivity index (χ2n) is 9.56. The molecule has 9 nitrogen and oxygen atoms in total. The molecule has 2 N–H and O–H groups in total. The van der Waals surface area contributed by atoms with Gasteiger partial charge in [0.25, 0.3) is 5.91 Å². The van der Waals surface area contributed by atoms with Gasteiger partial charge in [-0.25, -0.2) is 4.98 Å². The molecule has 1 aliphatic carbocycles. The van der Waals surface area contributed by atoms with Gasteiger partial charge < -0.3 is 19.6 Å². The Morgan fingerprint density at radius 2 is 1.71 bits per heavy atom. The lowest BCUT2D eigenvalue weighted by atomic mass is 10.1. The van der Waals surface area contributed by atoms with Crippen LogP contribution in [0.25, 0.3) is 0 Å². The molecular formula is C25H35N5O4. The van der Waals surface area contributed by atoms with Crippen LogP contribution in [0.2, 0.25) is 0 Å². The van der Waals surface area contributed by atoms with Gasteiger partial charge in [-0.05, 0) is 42.5 Å². The van der Waals surface area contributed by atoms with Crippen LogP contribution in [0, 0.1) is 0 Å². The van der Waals surface area contributed by atoms with Crippen molar-refractivity contribution in [3.8, 4) is 0 Å². The number of rotatable bonds is 8. The molecule has 1 atom stereocenters. The van der Waals surface area contributed by atoms with Gasteiger partial charge in [0.05, 0.1) is 25.9 Å². The van der Waals surface area contributed by atoms with Crippen LogP contribution in [0.15, 0.2) is 28.9 Å². The van der Waals surface area contributed by atoms with Gasteiger partial charge in [0.15, 0.2) is 5.69 Å². The van der Waals surface area contributed by atoms with E-state index >= 15 is 0 Å². The number of β-amino-alcohol motifs (C(OH)–C–C–N with tert-alkyl or cyclic N) is 1. The number of aromatic nitrogens is 1. The fourth-order valence-corrected chi connectivity index (χ4v) is 5.09. The highest BCUT2D eigenvalue weighted by Crippen LogP contribution is 2.25. The van der Waals surface area contributed by atoms with Crippen molar-refractivity contribution in [3.05, 3.63) is 47.2 Å². The number of benzene rings is 1. The molecule has 184 valence electrons. The SMILES string of the molecule is O=C(Nc1ccc2c(c1)CCC2)c1coc(CN2CCN(C[C@H](O)CN3CCOCC3)CC2)n1. The summed E-state index contributed by atoms with van der Waals surface area (Å²) in [6, 6.07) is 6.13. The number of carbonyl (C=O) groups excluding carboxylic acids is 1. The molecule has 2 aromatic rings. The first-order valence-corrected chi connectivity index (χ1v) is 12.4. The number of aryl methyl sites for hydroxylation is 2. The smallest absolute Gasteiger partial charge is 0.277 e. The third kappa shape index (κ3) is 6.03. The van der Waals surface area contributed by atoms with E-state index in [4.69, 9.17) is 9.15 Å². The molecule has 34 heavy (non-hydrogen) atoms. The number of fused-ring (bicyclic) bond motifs is 1. The van der Waals surface area contributed by atoms with Crippen LogP contribution in [0.3, 0.4) is 0 Å². The van der Waals surface area contributed by atoms with Crippen LogP contribution in [0.5, 0.6) is 0 Å². The summed E-state index contributed by atoms with van der Waals surface area (Å²) >= 11 is 0. The quantitative estimate of drug-likeness (QED) is 0.596. The molecule has 9 heteroatoms. The fourth-order valence-electron chi connectivity index (χ4n) is 5.09. The zero-order chi connectivity index (χ0) is 23.3. The Morgan fingerprint density at radius 1 is 1.00 bits per heavy atom. The van der Waals surface area contributed by atoms with Crippen LogP contribution in [0.4, 0.5) is 5.69 Å². The standard InChI is InChI=1S/C25H35N5O4/c31-22(16-30-10-12-33-13-11-30)15-28-6-8-29(9-7-28)17-24-27-23(18-34-24)25(32)26-21-5-4-19-2-1-3-20(19)14-21/h4-5,14,18,22,31H,1-3,6-13,15-17H2,(H,26,32)/t22-/m0/s1. The van der Waals surface area contributed by atoms with E-state index in [1.165, 1.54) is 23.8 Å². The first-order chi connectivity index (χ1) is 16.6. The lowest BCUT2D eigenvalue weighted by Gasteiger charge is -2.36. The maximum absolute atomic E-state index is 12.6. The molecule has 1 aromatic carbocycles. The van der Waals surface area contributed by atoms with Gasteiger partial charge in [-0.3, -0.25) is 19.5 Å². The van der Waals surface area contributed by atoms with E-state index in [1.54, 1.807) is 0 Å². The number of aliphatic hydroxyl groups excluding tert-OH is 1. The minimum Gasteiger partial charge on any atom is -0.447 e. The first-order valence-electron chi connectivity index (χ1n) is 12.4. The Kier molecular flexibility index (Phi) is 7.56. The number of anilines is 1. The van der Waals surface area contributed by atoms with Gasteiger partial charge in [-0.2, -0.15) is 0 Å². The summed E-state index contributed by atoms with van der Waals surface area (Å²) in [5, 5.41) is 13.4. The Balaban J connectivity index is 1.05. The third-order valence-electron chi connectivity index (χ3n) is 7.01. The van der Waals surface area contributed by atoms with Gasteiger partial charge in [-0.1, -0.05) is 6.07 Å². The highest BCUT2D eigenvalue weighted by atomic mass is 16.5. The topological polar surface area (TPSA) is 94.3 Å². The van der Waals surface area contributed by atoms with Gasteiger partial charge in [0, 0.05) is 58.0 Å². The van der Waals surface area contributed by atoms with Crippen LogP contribution in [0.1, 0.15) is 33.9 Å². The molecule has 0 bridgehead atoms. The molecule has 2 saturated heterocycles. The van der Waals surface area contributed by atoms with E-state index in [1.807, 2.05) is 6.07 Å². The summed E-state index contributed by atoms with van der Waals surface area (Å²) in [6.07, 6.45) is 4.48. The average Bonchev–Trinajstić information content (AvgIpc) is 3.50. The Morgan fingerprint density at radius 3 is 2.50 bits per heavy atom. The summed E-state index contributed by atoms with van der Waals surface area (Å²) in [4.78, 5) is 23.9. The number of hydrogen-bond donors (Lipinski definition) is 2. The number of hydrogen-bond acceptors (Lipinski definition) is 8. The Hall–Kier alpha value is -2.30. The predicted molar refractivity (Wildman–Crippen MR) is 128 cm³/mol. The van der Waals surface area contributed by atoms with Crippen LogP contribution < -0.4 is 5.32 Å².